The van der Waals surface area contributed by atoms with Crippen LogP contribution in [0.1, 0.15) is 10.4 Å². The standard InChI is InChI=1S/C17H17ClN4O2S/c18-12-1-3-13(4-2-12)20-5-7-21(8-6-20)15(23)14-11-19-17-22(16(14)24)9-10-25-17/h1-4,11H,5-10H2. The third-order valence-electron chi connectivity index (χ3n) is 4.55. The first-order valence-electron chi connectivity index (χ1n) is 8.16. The Morgan fingerprint density at radius 3 is 2.52 bits per heavy atom. The quantitative estimate of drug-likeness (QED) is 0.750. The van der Waals surface area contributed by atoms with Crippen LogP contribution in [0.5, 0.6) is 0 Å². The smallest absolute Gasteiger partial charge is 0.267 e. The number of halogens is 1. The second-order valence-corrected chi connectivity index (χ2v) is 7.51. The van der Waals surface area contributed by atoms with Crippen LogP contribution in [0.15, 0.2) is 40.4 Å². The summed E-state index contributed by atoms with van der Waals surface area (Å²) in [6.07, 6.45) is 1.43. The van der Waals surface area contributed by atoms with Gasteiger partial charge in [-0.3, -0.25) is 14.2 Å². The molecule has 3 heterocycles. The number of hydrogen-bond acceptors (Lipinski definition) is 5. The van der Waals surface area contributed by atoms with Crippen molar-refractivity contribution >= 4 is 35.0 Å². The van der Waals surface area contributed by atoms with Crippen LogP contribution in [-0.4, -0.2) is 52.3 Å². The van der Waals surface area contributed by atoms with Crippen LogP contribution in [0.3, 0.4) is 0 Å². The number of piperazine rings is 1. The number of amides is 1. The number of thioether (sulfide) groups is 1. The highest BCUT2D eigenvalue weighted by Gasteiger charge is 2.26. The molecule has 0 radical (unpaired) electrons. The number of fused-ring (bicyclic) bond motifs is 1. The van der Waals surface area contributed by atoms with Crippen LogP contribution in [-0.2, 0) is 6.54 Å². The minimum atomic E-state index is -0.222. The molecule has 0 atom stereocenters. The van der Waals surface area contributed by atoms with Crippen LogP contribution in [0.2, 0.25) is 5.02 Å². The summed E-state index contributed by atoms with van der Waals surface area (Å²) in [7, 11) is 0. The highest BCUT2D eigenvalue weighted by Crippen LogP contribution is 2.22. The molecular weight excluding hydrogens is 360 g/mol. The van der Waals surface area contributed by atoms with E-state index < -0.39 is 0 Å². The highest BCUT2D eigenvalue weighted by atomic mass is 35.5. The molecule has 1 aromatic heterocycles. The maximum Gasteiger partial charge on any atom is 0.267 e. The SMILES string of the molecule is O=C(c1cnc2n(c1=O)CCS2)N1CCN(c2ccc(Cl)cc2)CC1. The Bertz CT molecular complexity index is 860. The Morgan fingerprint density at radius 2 is 1.80 bits per heavy atom. The number of rotatable bonds is 2. The van der Waals surface area contributed by atoms with Crippen molar-refractivity contribution in [2.24, 2.45) is 0 Å². The van der Waals surface area contributed by atoms with Gasteiger partial charge < -0.3 is 9.80 Å². The maximum absolute atomic E-state index is 12.7. The molecule has 6 nitrogen and oxygen atoms in total. The first-order chi connectivity index (χ1) is 12.1. The number of carbonyl (C=O) groups is 1. The average molecular weight is 377 g/mol. The van der Waals surface area contributed by atoms with Crippen molar-refractivity contribution in [2.75, 3.05) is 36.8 Å². The molecule has 8 heteroatoms. The number of benzene rings is 1. The van der Waals surface area contributed by atoms with Gasteiger partial charge in [0.15, 0.2) is 5.16 Å². The van der Waals surface area contributed by atoms with Gasteiger partial charge in [-0.15, -0.1) is 0 Å². The topological polar surface area (TPSA) is 58.4 Å². The second kappa shape index (κ2) is 6.72. The van der Waals surface area contributed by atoms with E-state index in [0.29, 0.717) is 29.8 Å². The zero-order valence-electron chi connectivity index (χ0n) is 13.5. The fourth-order valence-electron chi connectivity index (χ4n) is 3.15. The lowest BCUT2D eigenvalue weighted by molar-refractivity contribution is 0.0743. The van der Waals surface area contributed by atoms with Crippen molar-refractivity contribution in [3.05, 3.63) is 51.4 Å². The van der Waals surface area contributed by atoms with Gasteiger partial charge in [0, 0.05) is 55.4 Å². The largest absolute Gasteiger partial charge is 0.368 e. The van der Waals surface area contributed by atoms with Crippen molar-refractivity contribution < 1.29 is 4.79 Å². The van der Waals surface area contributed by atoms with Gasteiger partial charge in [0.05, 0.1) is 0 Å². The van der Waals surface area contributed by atoms with Gasteiger partial charge in [-0.25, -0.2) is 4.98 Å². The number of anilines is 1. The molecule has 2 aliphatic heterocycles. The van der Waals surface area contributed by atoms with E-state index in [1.807, 2.05) is 24.3 Å². The van der Waals surface area contributed by atoms with E-state index in [0.717, 1.165) is 24.5 Å². The van der Waals surface area contributed by atoms with E-state index in [-0.39, 0.29) is 17.0 Å². The predicted octanol–water partition coefficient (Wildman–Crippen LogP) is 1.96. The second-order valence-electron chi connectivity index (χ2n) is 6.02. The number of hydrogen-bond donors (Lipinski definition) is 0. The van der Waals surface area contributed by atoms with Crippen LogP contribution >= 0.6 is 23.4 Å². The summed E-state index contributed by atoms with van der Waals surface area (Å²) in [5, 5.41) is 1.41. The molecule has 0 N–H and O–H groups in total. The molecule has 0 unspecified atom stereocenters. The van der Waals surface area contributed by atoms with Gasteiger partial charge in [0.1, 0.15) is 5.56 Å². The summed E-state index contributed by atoms with van der Waals surface area (Å²) < 4.78 is 1.60. The third kappa shape index (κ3) is 3.14. The maximum atomic E-state index is 12.7. The molecule has 0 spiro atoms. The fourth-order valence-corrected chi connectivity index (χ4v) is 4.19. The van der Waals surface area contributed by atoms with E-state index in [4.69, 9.17) is 11.6 Å². The predicted molar refractivity (Wildman–Crippen MR) is 98.8 cm³/mol. The third-order valence-corrected chi connectivity index (χ3v) is 5.77. The van der Waals surface area contributed by atoms with Crippen molar-refractivity contribution in [2.45, 2.75) is 11.7 Å². The van der Waals surface area contributed by atoms with E-state index in [2.05, 4.69) is 9.88 Å². The first kappa shape index (κ1) is 16.5. The molecule has 0 saturated carbocycles. The van der Waals surface area contributed by atoms with Crippen LogP contribution < -0.4 is 10.5 Å². The lowest BCUT2D eigenvalue weighted by atomic mass is 10.2. The summed E-state index contributed by atoms with van der Waals surface area (Å²) >= 11 is 7.48. The van der Waals surface area contributed by atoms with E-state index in [1.54, 1.807) is 21.2 Å². The van der Waals surface area contributed by atoms with E-state index >= 15 is 0 Å². The van der Waals surface area contributed by atoms with Gasteiger partial charge in [0.2, 0.25) is 0 Å². The normalized spacial score (nSPS) is 16.8. The van der Waals surface area contributed by atoms with Gasteiger partial charge in [-0.1, -0.05) is 23.4 Å². The minimum absolute atomic E-state index is 0.172. The molecule has 25 heavy (non-hydrogen) atoms. The molecule has 130 valence electrons. The van der Waals surface area contributed by atoms with E-state index in [9.17, 15) is 9.59 Å². The first-order valence-corrected chi connectivity index (χ1v) is 9.52. The molecule has 1 saturated heterocycles. The monoisotopic (exact) mass is 376 g/mol. The van der Waals surface area contributed by atoms with Gasteiger partial charge >= 0.3 is 0 Å². The van der Waals surface area contributed by atoms with Crippen molar-refractivity contribution in [3.63, 3.8) is 0 Å². The summed E-state index contributed by atoms with van der Waals surface area (Å²) in [6.45, 7) is 3.23. The number of aromatic nitrogens is 2. The van der Waals surface area contributed by atoms with Crippen LogP contribution in [0.4, 0.5) is 5.69 Å². The van der Waals surface area contributed by atoms with E-state index in [1.165, 1.54) is 6.20 Å². The lowest BCUT2D eigenvalue weighted by Crippen LogP contribution is -2.50. The van der Waals surface area contributed by atoms with Gasteiger partial charge in [0.25, 0.3) is 11.5 Å². The molecule has 4 rings (SSSR count). The lowest BCUT2D eigenvalue weighted by Gasteiger charge is -2.36. The molecule has 2 aromatic rings. The summed E-state index contributed by atoms with van der Waals surface area (Å²) in [6, 6.07) is 7.69. The van der Waals surface area contributed by atoms with Crippen molar-refractivity contribution in [1.29, 1.82) is 0 Å². The molecule has 1 aromatic carbocycles. The molecule has 0 aliphatic carbocycles. The Kier molecular flexibility index (Phi) is 4.43. The van der Waals surface area contributed by atoms with Crippen molar-refractivity contribution in [3.8, 4) is 0 Å². The Labute approximate surface area is 154 Å². The summed E-state index contributed by atoms with van der Waals surface area (Å²) in [5.41, 5.74) is 1.04. The number of nitrogens with zero attached hydrogens (tertiary/aromatic N) is 4. The summed E-state index contributed by atoms with van der Waals surface area (Å²) in [4.78, 5) is 33.5. The fraction of sp³-hybridized carbons (Fsp3) is 0.353. The Balaban J connectivity index is 1.47. The molecule has 1 fully saturated rings. The zero-order valence-corrected chi connectivity index (χ0v) is 15.1. The molecule has 0 bridgehead atoms. The van der Waals surface area contributed by atoms with Crippen LogP contribution in [0.25, 0.3) is 0 Å². The minimum Gasteiger partial charge on any atom is -0.368 e. The van der Waals surface area contributed by atoms with Gasteiger partial charge in [-0.05, 0) is 24.3 Å². The molecule has 1 amide bonds. The molecule has 2 aliphatic rings. The zero-order chi connectivity index (χ0) is 17.4. The average Bonchev–Trinajstić information content (AvgIpc) is 3.12. The number of carbonyl (C=O) groups excluding carboxylic acids is 1. The van der Waals surface area contributed by atoms with Crippen LogP contribution in [0, 0.1) is 0 Å². The highest BCUT2D eigenvalue weighted by molar-refractivity contribution is 7.99. The van der Waals surface area contributed by atoms with Gasteiger partial charge in [-0.2, -0.15) is 0 Å². The summed E-state index contributed by atoms with van der Waals surface area (Å²) in [5.74, 6) is 0.611. The van der Waals surface area contributed by atoms with Crippen molar-refractivity contribution in [1.82, 2.24) is 14.5 Å². The molecular formula is C17H17ClN4O2S. The Hall–Kier alpha value is -1.99. The Morgan fingerprint density at radius 1 is 1.08 bits per heavy atom.